The van der Waals surface area contributed by atoms with E-state index in [0.717, 1.165) is 53.9 Å². The SMILES string of the molecule is CCC1CC2(C=C(CCN)c3c[nH]ncc(-c4ccc(-c5ccc(OC)c(F)c5)nc4)cnc32)CC(C)N1C(C)c1ncn[nH]1. The summed E-state index contributed by atoms with van der Waals surface area (Å²) in [5.74, 6) is 0.654. The molecule has 4 heterocycles. The third-order valence-corrected chi connectivity index (χ3v) is 9.24. The van der Waals surface area contributed by atoms with Gasteiger partial charge in [-0.1, -0.05) is 19.1 Å². The molecule has 4 atom stereocenters. The molecular formula is C34H40FN9O. The van der Waals surface area contributed by atoms with E-state index in [4.69, 9.17) is 15.5 Å². The fourth-order valence-electron chi connectivity index (χ4n) is 7.23. The summed E-state index contributed by atoms with van der Waals surface area (Å²) in [6.45, 7) is 7.30. The van der Waals surface area contributed by atoms with Crippen molar-refractivity contribution in [1.29, 1.82) is 0 Å². The summed E-state index contributed by atoms with van der Waals surface area (Å²) in [4.78, 5) is 16.9. The Hall–Kier alpha value is -4.48. The lowest BCUT2D eigenvalue weighted by Gasteiger charge is -2.50. The molecular weight excluding hydrogens is 569 g/mol. The van der Waals surface area contributed by atoms with Gasteiger partial charge >= 0.3 is 0 Å². The summed E-state index contributed by atoms with van der Waals surface area (Å²) < 4.78 is 19.4. The number of pyridine rings is 1. The second-order valence-corrected chi connectivity index (χ2v) is 12.0. The molecule has 1 spiro atoms. The Bertz CT molecular complexity index is 1720. The second kappa shape index (κ2) is 12.9. The number of halogens is 1. The van der Waals surface area contributed by atoms with Crippen molar-refractivity contribution < 1.29 is 9.13 Å². The average molecular weight is 610 g/mol. The number of allylic oxidation sites excluding steroid dienone is 1. The third-order valence-electron chi connectivity index (χ3n) is 9.24. The third kappa shape index (κ3) is 5.85. The molecule has 1 aliphatic carbocycles. The number of hydrogen-bond acceptors (Lipinski definition) is 8. The molecule has 3 aromatic heterocycles. The van der Waals surface area contributed by atoms with E-state index in [-0.39, 0.29) is 23.2 Å². The molecule has 1 aromatic carbocycles. The molecule has 0 amide bonds. The first-order valence-corrected chi connectivity index (χ1v) is 15.5. The summed E-state index contributed by atoms with van der Waals surface area (Å²) in [5, 5.41) is 14.8. The lowest BCUT2D eigenvalue weighted by Crippen LogP contribution is -2.53. The first kappa shape index (κ1) is 30.5. The quantitative estimate of drug-likeness (QED) is 0.224. The molecule has 6 rings (SSSR count). The number of methoxy groups -OCH3 is 1. The number of nitrogens with zero attached hydrogens (tertiary/aromatic N) is 6. The number of nitrogens with two attached hydrogens (primary N) is 1. The maximum absolute atomic E-state index is 14.3. The summed E-state index contributed by atoms with van der Waals surface area (Å²) >= 11 is 0. The van der Waals surface area contributed by atoms with Gasteiger partial charge < -0.3 is 10.5 Å². The number of ether oxygens (including phenoxy) is 1. The number of H-pyrrole nitrogens is 2. The minimum Gasteiger partial charge on any atom is -0.494 e. The van der Waals surface area contributed by atoms with E-state index in [1.54, 1.807) is 30.9 Å². The van der Waals surface area contributed by atoms with Crippen LogP contribution in [0.2, 0.25) is 0 Å². The van der Waals surface area contributed by atoms with Crippen LogP contribution in [0.25, 0.3) is 28.0 Å². The topological polar surface area (TPSA) is 135 Å². The molecule has 0 radical (unpaired) electrons. The number of nitrogens with one attached hydrogen (secondary N) is 2. The zero-order valence-corrected chi connectivity index (χ0v) is 26.2. The molecule has 11 heteroatoms. The van der Waals surface area contributed by atoms with E-state index in [1.807, 2.05) is 24.5 Å². The van der Waals surface area contributed by atoms with E-state index in [1.165, 1.54) is 18.7 Å². The van der Waals surface area contributed by atoms with Gasteiger partial charge in [-0.15, -0.1) is 0 Å². The maximum atomic E-state index is 14.3. The van der Waals surface area contributed by atoms with Crippen LogP contribution in [0.15, 0.2) is 67.5 Å². The van der Waals surface area contributed by atoms with Crippen molar-refractivity contribution in [2.24, 2.45) is 5.73 Å². The van der Waals surface area contributed by atoms with Crippen molar-refractivity contribution in [3.8, 4) is 28.1 Å². The Morgan fingerprint density at radius 3 is 2.58 bits per heavy atom. The van der Waals surface area contributed by atoms with Crippen LogP contribution in [-0.2, 0) is 5.41 Å². The highest BCUT2D eigenvalue weighted by atomic mass is 19.1. The Kier molecular flexibility index (Phi) is 8.73. The van der Waals surface area contributed by atoms with Crippen molar-refractivity contribution in [3.63, 3.8) is 0 Å². The van der Waals surface area contributed by atoms with E-state index >= 15 is 0 Å². The second-order valence-electron chi connectivity index (χ2n) is 12.0. The summed E-state index contributed by atoms with van der Waals surface area (Å²) in [5.41, 5.74) is 12.1. The van der Waals surface area contributed by atoms with E-state index in [9.17, 15) is 4.39 Å². The Morgan fingerprint density at radius 1 is 1.07 bits per heavy atom. The van der Waals surface area contributed by atoms with E-state index in [2.05, 4.69) is 62.1 Å². The summed E-state index contributed by atoms with van der Waals surface area (Å²) in [6.07, 6.45) is 14.9. The van der Waals surface area contributed by atoms with Crippen LogP contribution in [-0.4, -0.2) is 66.0 Å². The van der Waals surface area contributed by atoms with Gasteiger partial charge in [-0.2, -0.15) is 10.2 Å². The zero-order valence-electron chi connectivity index (χ0n) is 26.2. The predicted octanol–water partition coefficient (Wildman–Crippen LogP) is 5.93. The number of rotatable bonds is 8. The van der Waals surface area contributed by atoms with Crippen molar-refractivity contribution in [2.75, 3.05) is 13.7 Å². The molecule has 0 saturated carbocycles. The highest BCUT2D eigenvalue weighted by Gasteiger charge is 2.48. The highest BCUT2D eigenvalue weighted by molar-refractivity contribution is 5.75. The molecule has 1 fully saturated rings. The smallest absolute Gasteiger partial charge is 0.165 e. The fraction of sp³-hybridized carbons (Fsp3) is 0.382. The average Bonchev–Trinajstić information content (AvgIpc) is 3.69. The van der Waals surface area contributed by atoms with Gasteiger partial charge in [0.2, 0.25) is 0 Å². The maximum Gasteiger partial charge on any atom is 0.165 e. The van der Waals surface area contributed by atoms with Crippen molar-refractivity contribution in [3.05, 3.63) is 90.4 Å². The molecule has 0 bridgehead atoms. The molecule has 4 aromatic rings. The minimum atomic E-state index is -0.428. The van der Waals surface area contributed by atoms with Crippen LogP contribution in [0, 0.1) is 5.82 Å². The van der Waals surface area contributed by atoms with Gasteiger partial charge in [-0.05, 0) is 75.9 Å². The Balaban J connectivity index is 1.37. The van der Waals surface area contributed by atoms with Gasteiger partial charge in [0.05, 0.1) is 30.7 Å². The largest absolute Gasteiger partial charge is 0.494 e. The van der Waals surface area contributed by atoms with Crippen LogP contribution >= 0.6 is 0 Å². The molecule has 4 N–H and O–H groups in total. The van der Waals surface area contributed by atoms with Crippen LogP contribution < -0.4 is 10.5 Å². The fourth-order valence-corrected chi connectivity index (χ4v) is 7.23. The van der Waals surface area contributed by atoms with Crippen LogP contribution in [0.4, 0.5) is 4.39 Å². The van der Waals surface area contributed by atoms with Gasteiger partial charge in [-0.25, -0.2) is 9.37 Å². The Labute approximate surface area is 262 Å². The lowest BCUT2D eigenvalue weighted by molar-refractivity contribution is 0.0201. The summed E-state index contributed by atoms with van der Waals surface area (Å²) in [7, 11) is 1.45. The minimum absolute atomic E-state index is 0.114. The Morgan fingerprint density at radius 2 is 1.89 bits per heavy atom. The molecule has 1 aliphatic heterocycles. The number of hydrogen-bond donors (Lipinski definition) is 3. The van der Waals surface area contributed by atoms with E-state index < -0.39 is 5.82 Å². The molecule has 10 nitrogen and oxygen atoms in total. The number of fused-ring (bicyclic) bond motifs is 2. The number of likely N-dealkylation sites (tertiary alicyclic amines) is 1. The van der Waals surface area contributed by atoms with Crippen molar-refractivity contribution in [1.82, 2.24) is 40.2 Å². The molecule has 2 aliphatic rings. The summed E-state index contributed by atoms with van der Waals surface area (Å²) in [6, 6.07) is 9.34. The van der Waals surface area contributed by atoms with Crippen LogP contribution in [0.3, 0.4) is 0 Å². The van der Waals surface area contributed by atoms with Crippen LogP contribution in [0.1, 0.15) is 69.6 Å². The number of benzene rings is 1. The molecule has 234 valence electrons. The van der Waals surface area contributed by atoms with Gasteiger partial charge in [0.25, 0.3) is 0 Å². The lowest BCUT2D eigenvalue weighted by atomic mass is 9.70. The normalized spacial score (nSPS) is 21.7. The number of aromatic amines is 2. The monoisotopic (exact) mass is 609 g/mol. The molecule has 1 saturated heterocycles. The van der Waals surface area contributed by atoms with Gasteiger partial charge in [0, 0.05) is 58.3 Å². The highest BCUT2D eigenvalue weighted by Crippen LogP contribution is 2.51. The van der Waals surface area contributed by atoms with Gasteiger partial charge in [0.15, 0.2) is 11.6 Å². The van der Waals surface area contributed by atoms with Gasteiger partial charge in [0.1, 0.15) is 12.2 Å². The van der Waals surface area contributed by atoms with E-state index in [0.29, 0.717) is 23.8 Å². The molecule has 4 unspecified atom stereocenters. The standard InChI is InChI=1S/C34H40FN9O/c1-5-27-15-34(13-21(2)44(27)22(3)33-39-20-42-43-33)14-24(10-11-36)28-19-41-40-18-26(17-38-32(28)34)25-6-8-30(37-16-25)23-7-9-31(45-4)29(35)12-23/h6-9,12,14,16-22,27,41H,5,10-11,13,15,36H2,1-4H3,(H,39,42,43). The van der Waals surface area contributed by atoms with Crippen molar-refractivity contribution >= 4 is 5.57 Å². The zero-order chi connectivity index (χ0) is 31.6. The molecule has 45 heavy (non-hydrogen) atoms. The number of aromatic nitrogens is 7. The first-order valence-electron chi connectivity index (χ1n) is 15.5. The van der Waals surface area contributed by atoms with Crippen molar-refractivity contribution in [2.45, 2.75) is 70.0 Å². The predicted molar refractivity (Wildman–Crippen MR) is 172 cm³/mol. The first-order chi connectivity index (χ1) is 21.9. The van der Waals surface area contributed by atoms with Gasteiger partial charge in [-0.3, -0.25) is 25.1 Å². The van der Waals surface area contributed by atoms with Crippen LogP contribution in [0.5, 0.6) is 5.75 Å². The number of piperidine rings is 1.